The Morgan fingerprint density at radius 2 is 0.591 bits per heavy atom. The maximum Gasteiger partial charge on any atom is 1.00 e. The van der Waals surface area contributed by atoms with E-state index in [2.05, 4.69) is 23.6 Å². The largest absolute Gasteiger partial charge is 1.00 e. The Morgan fingerprint density at radius 1 is 0.364 bits per heavy atom. The normalized spacial score (nSPS) is 12.0. The number of hydrogen-bond donors (Lipinski definition) is 0. The molecule has 8 nitrogen and oxygen atoms in total. The summed E-state index contributed by atoms with van der Waals surface area (Å²) in [7, 11) is -8.45. The van der Waals surface area contributed by atoms with Gasteiger partial charge in [-0.25, -0.2) is 16.8 Å². The summed E-state index contributed by atoms with van der Waals surface area (Å²) in [6.07, 6.45) is 25.8. The van der Waals surface area contributed by atoms with Crippen molar-refractivity contribution in [3.05, 3.63) is 0 Å². The van der Waals surface area contributed by atoms with Crippen LogP contribution in [0.1, 0.15) is 155 Å². The van der Waals surface area contributed by atoms with E-state index >= 15 is 0 Å². The molecular formula is C32H66N2Na2O6S2. The van der Waals surface area contributed by atoms with Crippen LogP contribution in [0, 0.1) is 0 Å². The third kappa shape index (κ3) is 39.9. The smallest absolute Gasteiger partial charge is 0.748 e. The van der Waals surface area contributed by atoms with Gasteiger partial charge >= 0.3 is 59.1 Å². The zero-order valence-corrected chi connectivity index (χ0v) is 35.0. The summed E-state index contributed by atoms with van der Waals surface area (Å²) >= 11 is 0. The Balaban J connectivity index is -0.00000840. The molecule has 0 bridgehead atoms. The van der Waals surface area contributed by atoms with Crippen LogP contribution in [0.5, 0.6) is 0 Å². The number of hydrogen-bond acceptors (Lipinski definition) is 8. The van der Waals surface area contributed by atoms with Crippen LogP contribution < -0.4 is 59.1 Å². The molecule has 0 aliphatic heterocycles. The molecule has 0 saturated carbocycles. The van der Waals surface area contributed by atoms with Gasteiger partial charge in [-0.2, -0.15) is 0 Å². The molecule has 0 atom stereocenters. The number of unbranched alkanes of at least 4 members (excludes halogenated alkanes) is 18. The third-order valence-electron chi connectivity index (χ3n) is 8.13. The second-order valence-corrected chi connectivity index (χ2v) is 15.3. The Labute approximate surface area is 318 Å². The van der Waals surface area contributed by atoms with E-state index in [1.807, 2.05) is 0 Å². The number of rotatable bonds is 33. The maximum atomic E-state index is 11.1. The SMILES string of the molecule is CCCCCCCCCCCCN(CCCS(=O)(=O)[O-])CCN(CCCCCCCCCCCC)CCCS(=O)(=O)[O-].[Na+].[Na+]. The second-order valence-electron chi connectivity index (χ2n) is 12.3. The van der Waals surface area contributed by atoms with Gasteiger partial charge in [0.2, 0.25) is 0 Å². The molecule has 0 aromatic rings. The van der Waals surface area contributed by atoms with E-state index in [9.17, 15) is 25.9 Å². The Hall–Kier alpha value is 1.74. The molecule has 0 aliphatic rings. The van der Waals surface area contributed by atoms with Crippen LogP contribution >= 0.6 is 0 Å². The van der Waals surface area contributed by atoms with E-state index in [0.717, 1.165) is 51.9 Å². The van der Waals surface area contributed by atoms with Crippen LogP contribution in [0.2, 0.25) is 0 Å². The molecule has 254 valence electrons. The summed E-state index contributed by atoms with van der Waals surface area (Å²) < 4.78 is 66.8. The van der Waals surface area contributed by atoms with Gasteiger partial charge in [0, 0.05) is 24.6 Å². The van der Waals surface area contributed by atoms with Crippen LogP contribution in [0.4, 0.5) is 0 Å². The fourth-order valence-corrected chi connectivity index (χ4v) is 6.49. The van der Waals surface area contributed by atoms with Crippen LogP contribution in [-0.2, 0) is 20.2 Å². The summed E-state index contributed by atoms with van der Waals surface area (Å²) in [5.74, 6) is -0.684. The van der Waals surface area contributed by atoms with E-state index in [0.29, 0.717) is 25.9 Å². The van der Waals surface area contributed by atoms with Gasteiger partial charge in [-0.05, 0) is 51.9 Å². The molecule has 0 spiro atoms. The zero-order valence-electron chi connectivity index (χ0n) is 29.4. The molecule has 0 aromatic carbocycles. The first kappa shape index (κ1) is 50.1. The summed E-state index contributed by atoms with van der Waals surface area (Å²) in [5, 5.41) is 0. The van der Waals surface area contributed by atoms with Crippen molar-refractivity contribution in [1.29, 1.82) is 0 Å². The van der Waals surface area contributed by atoms with Crippen molar-refractivity contribution in [2.75, 3.05) is 50.8 Å². The Bertz CT molecular complexity index is 739. The molecule has 12 heteroatoms. The summed E-state index contributed by atoms with van der Waals surface area (Å²) in [4.78, 5) is 4.51. The van der Waals surface area contributed by atoms with Crippen LogP contribution in [0.3, 0.4) is 0 Å². The molecule has 0 rings (SSSR count). The van der Waals surface area contributed by atoms with Crippen molar-refractivity contribution in [3.8, 4) is 0 Å². The molecule has 0 aromatic heterocycles. The van der Waals surface area contributed by atoms with E-state index in [4.69, 9.17) is 0 Å². The molecule has 44 heavy (non-hydrogen) atoms. The average Bonchev–Trinajstić information content (AvgIpc) is 2.91. The standard InChI is InChI=1S/C32H68N2O6S2.2Na/c1-3-5-7-9-11-13-15-17-19-21-25-33(27-23-31-41(35,36)37)29-30-34(28-24-32-42(38,39)40)26-22-20-18-16-14-12-10-8-6-4-2;;/h3-32H2,1-2H3,(H,35,36,37)(H,38,39,40);;/q;2*+1/p-2. The summed E-state index contributed by atoms with van der Waals surface area (Å²) in [6, 6.07) is 0. The minimum Gasteiger partial charge on any atom is -0.748 e. The van der Waals surface area contributed by atoms with Crippen molar-refractivity contribution < 1.29 is 85.1 Å². The fourth-order valence-electron chi connectivity index (χ4n) is 5.53. The van der Waals surface area contributed by atoms with Crippen molar-refractivity contribution in [2.45, 2.75) is 155 Å². The minimum atomic E-state index is -4.22. The van der Waals surface area contributed by atoms with Crippen molar-refractivity contribution in [2.24, 2.45) is 0 Å². The predicted molar refractivity (Wildman–Crippen MR) is 175 cm³/mol. The molecule has 0 heterocycles. The molecule has 0 fully saturated rings. The molecule has 0 aliphatic carbocycles. The minimum absolute atomic E-state index is 0. The second kappa shape index (κ2) is 34.6. The molecule has 0 amide bonds. The maximum absolute atomic E-state index is 11.1. The molecule has 0 unspecified atom stereocenters. The topological polar surface area (TPSA) is 121 Å². The quantitative estimate of drug-likeness (QED) is 0.0577. The van der Waals surface area contributed by atoms with E-state index in [-0.39, 0.29) is 70.6 Å². The first-order chi connectivity index (χ1) is 20.1. The summed E-state index contributed by atoms with van der Waals surface area (Å²) in [5.41, 5.74) is 0. The van der Waals surface area contributed by atoms with E-state index in [1.165, 1.54) is 103 Å². The van der Waals surface area contributed by atoms with Crippen molar-refractivity contribution >= 4 is 20.2 Å². The Kier molecular flexibility index (Phi) is 39.4. The van der Waals surface area contributed by atoms with E-state index in [1.54, 1.807) is 0 Å². The van der Waals surface area contributed by atoms with Gasteiger partial charge < -0.3 is 18.9 Å². The first-order valence-electron chi connectivity index (χ1n) is 17.4. The summed E-state index contributed by atoms with van der Waals surface area (Å²) in [6.45, 7) is 8.85. The van der Waals surface area contributed by atoms with Crippen molar-refractivity contribution in [1.82, 2.24) is 9.80 Å². The third-order valence-corrected chi connectivity index (χ3v) is 9.70. The van der Waals surface area contributed by atoms with Gasteiger partial charge in [-0.15, -0.1) is 0 Å². The van der Waals surface area contributed by atoms with Crippen LogP contribution in [0.25, 0.3) is 0 Å². The molecular weight excluding hydrogens is 618 g/mol. The van der Waals surface area contributed by atoms with Crippen LogP contribution in [-0.4, -0.2) is 86.5 Å². The fraction of sp³-hybridized carbons (Fsp3) is 1.00. The molecule has 0 saturated heterocycles. The predicted octanol–water partition coefficient (Wildman–Crippen LogP) is 1.31. The molecule has 0 radical (unpaired) electrons. The number of nitrogens with zero attached hydrogens (tertiary/aromatic N) is 2. The Morgan fingerprint density at radius 3 is 0.841 bits per heavy atom. The van der Waals surface area contributed by atoms with Crippen molar-refractivity contribution in [3.63, 3.8) is 0 Å². The van der Waals surface area contributed by atoms with Crippen LogP contribution in [0.15, 0.2) is 0 Å². The van der Waals surface area contributed by atoms with Gasteiger partial charge in [0.1, 0.15) is 0 Å². The van der Waals surface area contributed by atoms with Gasteiger partial charge in [0.25, 0.3) is 0 Å². The average molecular weight is 685 g/mol. The monoisotopic (exact) mass is 684 g/mol. The van der Waals surface area contributed by atoms with Gasteiger partial charge in [0.05, 0.1) is 20.2 Å². The van der Waals surface area contributed by atoms with Gasteiger partial charge in [0.15, 0.2) is 0 Å². The first-order valence-corrected chi connectivity index (χ1v) is 20.5. The van der Waals surface area contributed by atoms with E-state index < -0.39 is 20.2 Å². The van der Waals surface area contributed by atoms with Gasteiger partial charge in [-0.1, -0.05) is 129 Å². The molecule has 0 N–H and O–H groups in total. The van der Waals surface area contributed by atoms with Gasteiger partial charge in [-0.3, -0.25) is 0 Å². The zero-order chi connectivity index (χ0) is 31.4.